The van der Waals surface area contributed by atoms with Crippen molar-refractivity contribution >= 4 is 5.69 Å². The summed E-state index contributed by atoms with van der Waals surface area (Å²) in [6.07, 6.45) is -2.58. The molecule has 1 aromatic rings. The Kier molecular flexibility index (Phi) is 3.24. The SMILES string of the molecule is CCC1CNC(C)(C)CN1c1ccc2c(c1)OC(F)(F)O2. The van der Waals surface area contributed by atoms with E-state index in [9.17, 15) is 8.78 Å². The number of hydrogen-bond donors (Lipinski definition) is 1. The zero-order valence-electron chi connectivity index (χ0n) is 12.5. The van der Waals surface area contributed by atoms with Gasteiger partial charge in [-0.05, 0) is 32.4 Å². The topological polar surface area (TPSA) is 33.7 Å². The summed E-state index contributed by atoms with van der Waals surface area (Å²) in [6.45, 7) is 8.06. The number of nitrogens with one attached hydrogen (secondary N) is 1. The lowest BCUT2D eigenvalue weighted by atomic mass is 9.97. The van der Waals surface area contributed by atoms with E-state index < -0.39 is 6.29 Å². The van der Waals surface area contributed by atoms with E-state index in [0.29, 0.717) is 6.04 Å². The lowest BCUT2D eigenvalue weighted by Gasteiger charge is -2.45. The fourth-order valence-corrected chi connectivity index (χ4v) is 2.90. The molecule has 2 aliphatic rings. The average molecular weight is 298 g/mol. The molecule has 0 aliphatic carbocycles. The molecule has 0 saturated carbocycles. The quantitative estimate of drug-likeness (QED) is 0.910. The minimum atomic E-state index is -3.56. The third-order valence-corrected chi connectivity index (χ3v) is 4.01. The molecule has 21 heavy (non-hydrogen) atoms. The van der Waals surface area contributed by atoms with Crippen LogP contribution in [0.5, 0.6) is 11.5 Å². The summed E-state index contributed by atoms with van der Waals surface area (Å²) in [7, 11) is 0. The van der Waals surface area contributed by atoms with E-state index in [1.807, 2.05) is 6.07 Å². The molecular weight excluding hydrogens is 278 g/mol. The molecular formula is C15H20F2N2O2. The Labute approximate surface area is 123 Å². The van der Waals surface area contributed by atoms with Gasteiger partial charge in [0, 0.05) is 36.4 Å². The van der Waals surface area contributed by atoms with Gasteiger partial charge in [-0.2, -0.15) is 0 Å². The van der Waals surface area contributed by atoms with Crippen LogP contribution >= 0.6 is 0 Å². The highest BCUT2D eigenvalue weighted by Crippen LogP contribution is 2.43. The highest BCUT2D eigenvalue weighted by atomic mass is 19.3. The minimum absolute atomic E-state index is 0.0218. The van der Waals surface area contributed by atoms with Crippen LogP contribution in [0.2, 0.25) is 0 Å². The van der Waals surface area contributed by atoms with Crippen molar-refractivity contribution in [2.45, 2.75) is 45.1 Å². The fourth-order valence-electron chi connectivity index (χ4n) is 2.90. The van der Waals surface area contributed by atoms with E-state index in [1.54, 1.807) is 12.1 Å². The van der Waals surface area contributed by atoms with Gasteiger partial charge in [-0.1, -0.05) is 6.92 Å². The predicted octanol–water partition coefficient (Wildman–Crippen LogP) is 2.97. The molecule has 0 bridgehead atoms. The zero-order chi connectivity index (χ0) is 15.3. The molecule has 2 heterocycles. The number of ether oxygens (including phenoxy) is 2. The summed E-state index contributed by atoms with van der Waals surface area (Å²) >= 11 is 0. The number of anilines is 1. The number of rotatable bonds is 2. The van der Waals surface area contributed by atoms with Gasteiger partial charge in [0.1, 0.15) is 0 Å². The largest absolute Gasteiger partial charge is 0.586 e. The third-order valence-electron chi connectivity index (χ3n) is 4.01. The van der Waals surface area contributed by atoms with Crippen LogP contribution in [0.3, 0.4) is 0 Å². The maximum absolute atomic E-state index is 13.1. The van der Waals surface area contributed by atoms with Gasteiger partial charge in [-0.3, -0.25) is 0 Å². The van der Waals surface area contributed by atoms with Gasteiger partial charge >= 0.3 is 6.29 Å². The number of halogens is 2. The lowest BCUT2D eigenvalue weighted by molar-refractivity contribution is -0.286. The Morgan fingerprint density at radius 1 is 1.29 bits per heavy atom. The number of fused-ring (bicyclic) bond motifs is 1. The van der Waals surface area contributed by atoms with Gasteiger partial charge in [0.2, 0.25) is 0 Å². The van der Waals surface area contributed by atoms with Crippen LogP contribution in [-0.4, -0.2) is 31.0 Å². The Bertz CT molecular complexity index is 548. The maximum atomic E-state index is 13.1. The van der Waals surface area contributed by atoms with Gasteiger partial charge in [0.25, 0.3) is 0 Å². The summed E-state index contributed by atoms with van der Waals surface area (Å²) in [5.74, 6) is 0.190. The van der Waals surface area contributed by atoms with Crippen molar-refractivity contribution in [3.05, 3.63) is 18.2 Å². The number of hydrogen-bond acceptors (Lipinski definition) is 4. The smallest absolute Gasteiger partial charge is 0.395 e. The van der Waals surface area contributed by atoms with Crippen LogP contribution in [0.15, 0.2) is 18.2 Å². The molecule has 1 atom stereocenters. The van der Waals surface area contributed by atoms with Crippen LogP contribution in [0.25, 0.3) is 0 Å². The van der Waals surface area contributed by atoms with Crippen LogP contribution in [-0.2, 0) is 0 Å². The molecule has 0 aromatic heterocycles. The summed E-state index contributed by atoms with van der Waals surface area (Å²) in [5, 5.41) is 3.51. The summed E-state index contributed by atoms with van der Waals surface area (Å²) < 4.78 is 35.2. The van der Waals surface area contributed by atoms with Gasteiger partial charge in [-0.15, -0.1) is 8.78 Å². The second kappa shape index (κ2) is 4.73. The number of piperazine rings is 1. The van der Waals surface area contributed by atoms with E-state index in [0.717, 1.165) is 25.2 Å². The Morgan fingerprint density at radius 3 is 2.71 bits per heavy atom. The summed E-state index contributed by atoms with van der Waals surface area (Å²) in [4.78, 5) is 2.25. The molecule has 1 fully saturated rings. The Morgan fingerprint density at radius 2 is 2.00 bits per heavy atom. The fraction of sp³-hybridized carbons (Fsp3) is 0.600. The van der Waals surface area contributed by atoms with Crippen molar-refractivity contribution in [1.82, 2.24) is 5.32 Å². The van der Waals surface area contributed by atoms with Crippen molar-refractivity contribution in [1.29, 1.82) is 0 Å². The van der Waals surface area contributed by atoms with Crippen LogP contribution in [0.1, 0.15) is 27.2 Å². The zero-order valence-corrected chi connectivity index (χ0v) is 12.5. The van der Waals surface area contributed by atoms with E-state index >= 15 is 0 Å². The first-order valence-electron chi connectivity index (χ1n) is 7.21. The monoisotopic (exact) mass is 298 g/mol. The molecule has 4 nitrogen and oxygen atoms in total. The molecule has 1 N–H and O–H groups in total. The summed E-state index contributed by atoms with van der Waals surface area (Å²) in [5.41, 5.74) is 0.864. The molecule has 1 aromatic carbocycles. The van der Waals surface area contributed by atoms with Crippen LogP contribution < -0.4 is 19.7 Å². The van der Waals surface area contributed by atoms with E-state index in [2.05, 4.69) is 40.5 Å². The van der Waals surface area contributed by atoms with Crippen molar-refractivity contribution in [3.63, 3.8) is 0 Å². The molecule has 1 saturated heterocycles. The molecule has 0 radical (unpaired) electrons. The van der Waals surface area contributed by atoms with Gasteiger partial charge in [-0.25, -0.2) is 0 Å². The van der Waals surface area contributed by atoms with Crippen LogP contribution in [0.4, 0.5) is 14.5 Å². The number of alkyl halides is 2. The standard InChI is InChI=1S/C15H20F2N2O2/c1-4-10-8-18-14(2,3)9-19(10)11-5-6-12-13(7-11)21-15(16,17)20-12/h5-7,10,18H,4,8-9H2,1-3H3. The second-order valence-electron chi connectivity index (χ2n) is 6.25. The maximum Gasteiger partial charge on any atom is 0.586 e. The average Bonchev–Trinajstić information content (AvgIpc) is 2.70. The van der Waals surface area contributed by atoms with E-state index in [4.69, 9.17) is 0 Å². The van der Waals surface area contributed by atoms with Gasteiger partial charge < -0.3 is 19.7 Å². The number of nitrogens with zero attached hydrogens (tertiary/aromatic N) is 1. The third kappa shape index (κ3) is 2.77. The molecule has 116 valence electrons. The second-order valence-corrected chi connectivity index (χ2v) is 6.25. The molecule has 2 aliphatic heterocycles. The molecule has 0 spiro atoms. The van der Waals surface area contributed by atoms with Gasteiger partial charge in [0.05, 0.1) is 0 Å². The lowest BCUT2D eigenvalue weighted by Crippen LogP contribution is -2.61. The van der Waals surface area contributed by atoms with Crippen molar-refractivity contribution < 1.29 is 18.3 Å². The Balaban J connectivity index is 1.89. The predicted molar refractivity (Wildman–Crippen MR) is 76.2 cm³/mol. The molecule has 0 amide bonds. The highest BCUT2D eigenvalue weighted by molar-refractivity contribution is 5.58. The van der Waals surface area contributed by atoms with Crippen molar-refractivity contribution in [2.24, 2.45) is 0 Å². The van der Waals surface area contributed by atoms with Crippen molar-refractivity contribution in [3.8, 4) is 11.5 Å². The normalized spacial score (nSPS) is 26.0. The van der Waals surface area contributed by atoms with Gasteiger partial charge in [0.15, 0.2) is 11.5 Å². The molecule has 3 rings (SSSR count). The molecule has 6 heteroatoms. The minimum Gasteiger partial charge on any atom is -0.395 e. The first-order valence-corrected chi connectivity index (χ1v) is 7.21. The van der Waals surface area contributed by atoms with Crippen molar-refractivity contribution in [2.75, 3.05) is 18.0 Å². The molecule has 1 unspecified atom stereocenters. The van der Waals surface area contributed by atoms with Crippen LogP contribution in [0, 0.1) is 0 Å². The number of benzene rings is 1. The first-order chi connectivity index (χ1) is 9.80. The summed E-state index contributed by atoms with van der Waals surface area (Å²) in [6, 6.07) is 5.33. The first kappa shape index (κ1) is 14.4. The Hall–Kier alpha value is -1.56. The highest BCUT2D eigenvalue weighted by Gasteiger charge is 2.44. The van der Waals surface area contributed by atoms with E-state index in [1.165, 1.54) is 0 Å². The van der Waals surface area contributed by atoms with E-state index in [-0.39, 0.29) is 17.0 Å².